The van der Waals surface area contributed by atoms with E-state index in [0.717, 1.165) is 25.7 Å². The molecule has 0 radical (unpaired) electrons. The molecular weight excluding hydrogens is 674 g/mol. The number of hydrogen-bond acceptors (Lipinski definition) is 8. The molecule has 0 spiro atoms. The second-order valence-corrected chi connectivity index (χ2v) is 14.5. The summed E-state index contributed by atoms with van der Waals surface area (Å²) in [5.74, 6) is -1.33. The maximum atomic E-state index is 10.3. The Morgan fingerprint density at radius 1 is 0.566 bits per heavy atom. The van der Waals surface area contributed by atoms with Crippen LogP contribution >= 0.6 is 0 Å². The Balaban J connectivity index is 0. The second kappa shape index (κ2) is 41.3. The van der Waals surface area contributed by atoms with E-state index in [0.29, 0.717) is 12.8 Å². The highest BCUT2D eigenvalue weighted by atomic mass is 16.7. The van der Waals surface area contributed by atoms with E-state index in [9.17, 15) is 19.8 Å². The number of methoxy groups -OCH3 is 1. The van der Waals surface area contributed by atoms with Crippen molar-refractivity contribution in [3.8, 4) is 0 Å². The molecule has 1 saturated heterocycles. The SMILES string of the molecule is CCCCCCCC/C=C\CCCCCCCC(=O)O.CCCCCCCC/C=C\CCCCCCCC(=O)O.COC1O[C@H](CO)[C@@H](O)[C@H](O)[C@H]1N. The lowest BCUT2D eigenvalue weighted by Crippen LogP contribution is -2.62. The molecule has 1 unspecified atom stereocenters. The number of aliphatic hydroxyl groups is 3. The third-order valence-electron chi connectivity index (χ3n) is 9.47. The van der Waals surface area contributed by atoms with Crippen molar-refractivity contribution in [2.45, 2.75) is 224 Å². The van der Waals surface area contributed by atoms with Crippen molar-refractivity contribution in [2.75, 3.05) is 13.7 Å². The molecule has 1 aliphatic heterocycles. The van der Waals surface area contributed by atoms with Crippen LogP contribution in [-0.2, 0) is 19.1 Å². The number of rotatable bonds is 32. The number of carboxylic acids is 2. The number of ether oxygens (including phenoxy) is 2. The van der Waals surface area contributed by atoms with E-state index < -0.39 is 42.6 Å². The van der Waals surface area contributed by atoms with E-state index in [4.69, 9.17) is 30.5 Å². The first-order valence-electron chi connectivity index (χ1n) is 21.3. The quantitative estimate of drug-likeness (QED) is 0.0286. The van der Waals surface area contributed by atoms with Crippen LogP contribution in [0, 0.1) is 0 Å². The van der Waals surface area contributed by atoms with E-state index in [1.807, 2.05) is 0 Å². The average Bonchev–Trinajstić information content (AvgIpc) is 3.14. The molecule has 1 heterocycles. The van der Waals surface area contributed by atoms with Gasteiger partial charge in [0.15, 0.2) is 6.29 Å². The first-order chi connectivity index (χ1) is 25.7. The summed E-state index contributed by atoms with van der Waals surface area (Å²) in [4.78, 5) is 20.6. The zero-order valence-corrected chi connectivity index (χ0v) is 34.1. The molecule has 10 heteroatoms. The summed E-state index contributed by atoms with van der Waals surface area (Å²) in [6.45, 7) is 4.13. The zero-order valence-electron chi connectivity index (χ0n) is 34.1. The Morgan fingerprint density at radius 3 is 1.19 bits per heavy atom. The molecule has 10 nitrogen and oxygen atoms in total. The summed E-state index contributed by atoms with van der Waals surface area (Å²) in [5, 5.41) is 44.6. The van der Waals surface area contributed by atoms with Gasteiger partial charge in [0.1, 0.15) is 18.3 Å². The highest BCUT2D eigenvalue weighted by Crippen LogP contribution is 2.20. The summed E-state index contributed by atoms with van der Waals surface area (Å²) in [7, 11) is 1.38. The number of aliphatic hydroxyl groups excluding tert-OH is 3. The van der Waals surface area contributed by atoms with Gasteiger partial charge in [0.05, 0.1) is 12.6 Å². The largest absolute Gasteiger partial charge is 0.481 e. The highest BCUT2D eigenvalue weighted by molar-refractivity contribution is 5.66. The van der Waals surface area contributed by atoms with Gasteiger partial charge < -0.3 is 40.7 Å². The molecular formula is C43H83NO9. The molecule has 1 fully saturated rings. The highest BCUT2D eigenvalue weighted by Gasteiger charge is 2.42. The van der Waals surface area contributed by atoms with Crippen LogP contribution in [0.4, 0.5) is 0 Å². The lowest BCUT2D eigenvalue weighted by atomic mass is 9.98. The van der Waals surface area contributed by atoms with Crippen molar-refractivity contribution in [3.05, 3.63) is 24.3 Å². The molecule has 0 bridgehead atoms. The van der Waals surface area contributed by atoms with Gasteiger partial charge in [-0.15, -0.1) is 0 Å². The Hall–Kier alpha value is -1.82. The number of carboxylic acid groups (broad SMARTS) is 2. The van der Waals surface area contributed by atoms with Crippen LogP contribution in [0.25, 0.3) is 0 Å². The minimum absolute atomic E-state index is 0.332. The minimum Gasteiger partial charge on any atom is -0.481 e. The lowest BCUT2D eigenvalue weighted by molar-refractivity contribution is -0.257. The van der Waals surface area contributed by atoms with Crippen molar-refractivity contribution in [1.82, 2.24) is 0 Å². The van der Waals surface area contributed by atoms with Gasteiger partial charge in [-0.3, -0.25) is 9.59 Å². The summed E-state index contributed by atoms with van der Waals surface area (Å²) >= 11 is 0. The molecule has 7 N–H and O–H groups in total. The monoisotopic (exact) mass is 758 g/mol. The third kappa shape index (κ3) is 36.9. The molecule has 0 amide bonds. The fourth-order valence-corrected chi connectivity index (χ4v) is 6.01. The number of aliphatic carboxylic acids is 2. The summed E-state index contributed by atoms with van der Waals surface area (Å²) < 4.78 is 9.90. The molecule has 0 aliphatic carbocycles. The van der Waals surface area contributed by atoms with E-state index >= 15 is 0 Å². The van der Waals surface area contributed by atoms with Crippen molar-refractivity contribution in [1.29, 1.82) is 0 Å². The van der Waals surface area contributed by atoms with Gasteiger partial charge in [0.25, 0.3) is 0 Å². The van der Waals surface area contributed by atoms with E-state index in [1.54, 1.807) is 0 Å². The van der Waals surface area contributed by atoms with Crippen LogP contribution in [0.3, 0.4) is 0 Å². The Kier molecular flexibility index (Phi) is 41.6. The number of allylic oxidation sites excluding steroid dienone is 4. The Labute approximate surface area is 324 Å². The molecule has 0 aromatic carbocycles. The minimum atomic E-state index is -1.17. The van der Waals surface area contributed by atoms with Crippen molar-refractivity contribution >= 4 is 11.9 Å². The van der Waals surface area contributed by atoms with Crippen LogP contribution in [-0.4, -0.2) is 81.8 Å². The van der Waals surface area contributed by atoms with Crippen molar-refractivity contribution in [3.63, 3.8) is 0 Å². The van der Waals surface area contributed by atoms with Gasteiger partial charge >= 0.3 is 11.9 Å². The molecule has 53 heavy (non-hydrogen) atoms. The predicted molar refractivity (Wildman–Crippen MR) is 217 cm³/mol. The van der Waals surface area contributed by atoms with Crippen molar-refractivity contribution < 1.29 is 44.6 Å². The fraction of sp³-hybridized carbons (Fsp3) is 0.860. The standard InChI is InChI=1S/2C18H34O2.C7H15NO5/c2*1-2-3-4-5-6-7-8-9-10-11-12-13-14-15-16-17-18(19)20;1-12-7-4(8)6(11)5(10)3(2-9)13-7/h2*9-10H,2-8,11-17H2,1H3,(H,19,20);3-7,9-11H,2,8H2,1H3/b2*10-9-;/t;;3-,4-,5-,6-,7?/m..1/s1. The average molecular weight is 758 g/mol. The van der Waals surface area contributed by atoms with E-state index in [1.165, 1.54) is 148 Å². The molecule has 1 rings (SSSR count). The van der Waals surface area contributed by atoms with Crippen LogP contribution < -0.4 is 5.73 Å². The maximum absolute atomic E-state index is 10.3. The molecule has 0 aromatic rings. The Bertz CT molecular complexity index is 784. The molecule has 0 aromatic heterocycles. The third-order valence-corrected chi connectivity index (χ3v) is 9.47. The molecule has 1 aliphatic rings. The van der Waals surface area contributed by atoms with Gasteiger partial charge in [0.2, 0.25) is 0 Å². The normalized spacial score (nSPS) is 19.9. The van der Waals surface area contributed by atoms with Gasteiger partial charge in [0, 0.05) is 20.0 Å². The zero-order chi connectivity index (χ0) is 39.8. The van der Waals surface area contributed by atoms with Crippen LogP contribution in [0.2, 0.25) is 0 Å². The van der Waals surface area contributed by atoms with Crippen molar-refractivity contribution in [2.24, 2.45) is 5.73 Å². The second-order valence-electron chi connectivity index (χ2n) is 14.5. The Morgan fingerprint density at radius 2 is 0.887 bits per heavy atom. The molecule has 5 atom stereocenters. The smallest absolute Gasteiger partial charge is 0.303 e. The summed E-state index contributed by atoms with van der Waals surface area (Å²) in [6.07, 6.45) is 38.5. The van der Waals surface area contributed by atoms with Gasteiger partial charge in [-0.05, 0) is 64.2 Å². The van der Waals surface area contributed by atoms with Crippen LogP contribution in [0.1, 0.15) is 194 Å². The van der Waals surface area contributed by atoms with Gasteiger partial charge in [-0.1, -0.05) is 141 Å². The van der Waals surface area contributed by atoms with E-state index in [-0.39, 0.29) is 6.61 Å². The number of unbranched alkanes of at least 4 members (excludes halogenated alkanes) is 22. The van der Waals surface area contributed by atoms with Gasteiger partial charge in [-0.25, -0.2) is 0 Å². The number of hydrogen-bond donors (Lipinski definition) is 6. The lowest BCUT2D eigenvalue weighted by Gasteiger charge is -2.39. The summed E-state index contributed by atoms with van der Waals surface area (Å²) in [5.41, 5.74) is 5.50. The maximum Gasteiger partial charge on any atom is 0.303 e. The predicted octanol–water partition coefficient (Wildman–Crippen LogP) is 9.62. The van der Waals surface area contributed by atoms with Crippen LogP contribution in [0.15, 0.2) is 24.3 Å². The topological polar surface area (TPSA) is 180 Å². The number of nitrogens with two attached hydrogens (primary N) is 1. The first-order valence-corrected chi connectivity index (χ1v) is 21.3. The fourth-order valence-electron chi connectivity index (χ4n) is 6.01. The number of carbonyl (C=O) groups is 2. The van der Waals surface area contributed by atoms with Crippen LogP contribution in [0.5, 0.6) is 0 Å². The molecule has 0 saturated carbocycles. The molecule has 314 valence electrons. The van der Waals surface area contributed by atoms with Gasteiger partial charge in [-0.2, -0.15) is 0 Å². The van der Waals surface area contributed by atoms with E-state index in [2.05, 4.69) is 38.2 Å². The summed E-state index contributed by atoms with van der Waals surface area (Å²) in [6, 6.07) is -0.803. The first kappa shape index (κ1) is 53.3.